The van der Waals surface area contributed by atoms with Gasteiger partial charge in [-0.1, -0.05) is 28.5 Å². The molecule has 1 fully saturated rings. The molecule has 12 heteroatoms. The Balaban J connectivity index is 1.84. The molecule has 0 unspecified atom stereocenters. The van der Waals surface area contributed by atoms with Crippen LogP contribution in [0, 0.1) is 0 Å². The average molecular weight is 556 g/mol. The van der Waals surface area contributed by atoms with E-state index in [1.54, 1.807) is 17.9 Å². The molecule has 1 amide bonds. The van der Waals surface area contributed by atoms with E-state index in [4.69, 9.17) is 19.8 Å². The number of benzene rings is 1. The molecule has 0 bridgehead atoms. The van der Waals surface area contributed by atoms with Crippen LogP contribution in [0.2, 0.25) is 0 Å². The zero-order valence-electron chi connectivity index (χ0n) is 22.8. The number of hydrogen-bond acceptors (Lipinski definition) is 9. The van der Waals surface area contributed by atoms with Crippen molar-refractivity contribution < 1.29 is 34.1 Å². The van der Waals surface area contributed by atoms with Gasteiger partial charge in [-0.15, -0.1) is 0 Å². The molecule has 2 N–H and O–H groups in total. The van der Waals surface area contributed by atoms with Crippen LogP contribution in [-0.4, -0.2) is 77.8 Å². The number of nitrogens with zero attached hydrogens (tertiary/aromatic N) is 5. The highest BCUT2D eigenvalue weighted by Crippen LogP contribution is 2.29. The van der Waals surface area contributed by atoms with E-state index in [1.807, 2.05) is 18.2 Å². The number of likely N-dealkylation sites (tertiary alicyclic amines) is 1. The Morgan fingerprint density at radius 2 is 2.00 bits per heavy atom. The summed E-state index contributed by atoms with van der Waals surface area (Å²) in [6.07, 6.45) is 11.0. The first-order chi connectivity index (χ1) is 19.4. The lowest BCUT2D eigenvalue weighted by atomic mass is 9.99. The van der Waals surface area contributed by atoms with Crippen molar-refractivity contribution in [3.8, 4) is 11.5 Å². The number of cyclic esters (lactones) is 1. The van der Waals surface area contributed by atoms with Gasteiger partial charge in [0.2, 0.25) is 0 Å². The topological polar surface area (TPSA) is 167 Å². The van der Waals surface area contributed by atoms with Crippen molar-refractivity contribution >= 4 is 17.6 Å². The predicted octanol–water partition coefficient (Wildman–Crippen LogP) is 4.56. The number of azide groups is 1. The van der Waals surface area contributed by atoms with Gasteiger partial charge in [-0.25, -0.2) is 4.79 Å². The number of oxime groups is 1. The number of hydrogen-bond donors (Lipinski definition) is 2. The number of esters is 1. The third-order valence-corrected chi connectivity index (χ3v) is 6.44. The summed E-state index contributed by atoms with van der Waals surface area (Å²) in [4.78, 5) is 35.5. The third kappa shape index (κ3) is 9.94. The highest BCUT2D eigenvalue weighted by Gasteiger charge is 2.23. The predicted molar refractivity (Wildman–Crippen MR) is 148 cm³/mol. The first kappa shape index (κ1) is 30.5. The lowest BCUT2D eigenvalue weighted by molar-refractivity contribution is -0.137. The summed E-state index contributed by atoms with van der Waals surface area (Å²) in [5.74, 6) is -1.52. The Morgan fingerprint density at radius 3 is 2.77 bits per heavy atom. The van der Waals surface area contributed by atoms with Crippen LogP contribution < -0.4 is 0 Å². The van der Waals surface area contributed by atoms with E-state index in [0.29, 0.717) is 56.8 Å². The summed E-state index contributed by atoms with van der Waals surface area (Å²) in [5.41, 5.74) is 9.03. The molecule has 1 saturated heterocycles. The van der Waals surface area contributed by atoms with Crippen molar-refractivity contribution in [1.82, 2.24) is 4.90 Å². The van der Waals surface area contributed by atoms with Crippen molar-refractivity contribution in [1.29, 1.82) is 0 Å². The fraction of sp³-hybridized carbons (Fsp3) is 0.536. The summed E-state index contributed by atoms with van der Waals surface area (Å²) < 4.78 is 11.5. The molecule has 2 heterocycles. The van der Waals surface area contributed by atoms with Gasteiger partial charge in [0.25, 0.3) is 5.91 Å². The number of ether oxygens (including phenoxy) is 2. The molecule has 3 rings (SSSR count). The average Bonchev–Trinajstić information content (AvgIpc) is 2.92. The molecule has 2 aliphatic rings. The summed E-state index contributed by atoms with van der Waals surface area (Å²) in [6, 6.07) is 2.45. The monoisotopic (exact) mass is 555 g/mol. The van der Waals surface area contributed by atoms with Crippen molar-refractivity contribution in [2.75, 3.05) is 32.8 Å². The highest BCUT2D eigenvalue weighted by atomic mass is 16.6. The molecule has 1 aromatic rings. The van der Waals surface area contributed by atoms with Crippen molar-refractivity contribution in [2.45, 2.75) is 64.1 Å². The molecule has 0 radical (unpaired) electrons. The molecule has 216 valence electrons. The van der Waals surface area contributed by atoms with Crippen molar-refractivity contribution in [3.63, 3.8) is 0 Å². The minimum atomic E-state index is -0.735. The maximum atomic E-state index is 13.0. The Labute approximate surface area is 233 Å². The number of amides is 1. The number of carbonyl (C=O) groups is 2. The second-order valence-corrected chi connectivity index (χ2v) is 9.71. The zero-order chi connectivity index (χ0) is 28.7. The standard InChI is InChI=1S/C28H37N5O7/c1-20-8-5-10-24(38-15-7-12-30-32-29)11-6-9-22(31-39-19-26(36)33-13-3-2-4-14-33)16-21-17-23(34)18-25(35)27(21)28(37)40-20/h5-6,9-10,17-18,20,24,34-35H,2-4,7-8,11-16,19H2,1H3/t20-,24-/m1/s1. The summed E-state index contributed by atoms with van der Waals surface area (Å²) in [7, 11) is 0. The molecule has 1 aromatic carbocycles. The number of rotatable bonds is 8. The van der Waals surface area contributed by atoms with E-state index >= 15 is 0 Å². The van der Waals surface area contributed by atoms with Crippen LogP contribution in [-0.2, 0) is 25.5 Å². The molecule has 0 spiro atoms. The Morgan fingerprint density at radius 1 is 1.20 bits per heavy atom. The van der Waals surface area contributed by atoms with Crippen LogP contribution >= 0.6 is 0 Å². The van der Waals surface area contributed by atoms with E-state index in [0.717, 1.165) is 25.3 Å². The normalized spacial score (nSPS) is 21.2. The first-order valence-corrected chi connectivity index (χ1v) is 13.6. The quantitative estimate of drug-likeness (QED) is 0.0901. The third-order valence-electron chi connectivity index (χ3n) is 6.44. The fourth-order valence-corrected chi connectivity index (χ4v) is 4.43. The SMILES string of the molecule is C[C@@H]1CC=C[C@@H](OCCCN=[N+]=[N-])CC=CC(=NOCC(=O)N2CCCCC2)Cc2cc(O)cc(O)c2C(=O)O1. The Bertz CT molecular complexity index is 1150. The van der Waals surface area contributed by atoms with Gasteiger partial charge in [0.15, 0.2) is 6.61 Å². The number of aromatic hydroxyl groups is 2. The lowest BCUT2D eigenvalue weighted by Gasteiger charge is -2.26. The maximum absolute atomic E-state index is 13.0. The van der Waals surface area contributed by atoms with Crippen molar-refractivity contribution in [3.05, 3.63) is 58.0 Å². The molecule has 0 saturated carbocycles. The number of carbonyl (C=O) groups excluding carboxylic acids is 2. The number of allylic oxidation sites excluding steroid dienone is 1. The highest BCUT2D eigenvalue weighted by molar-refractivity contribution is 6.00. The van der Waals surface area contributed by atoms with Gasteiger partial charge in [-0.05, 0) is 62.3 Å². The second kappa shape index (κ2) is 16.2. The minimum Gasteiger partial charge on any atom is -0.508 e. The van der Waals surface area contributed by atoms with Gasteiger partial charge in [-0.2, -0.15) is 0 Å². The van der Waals surface area contributed by atoms with Gasteiger partial charge in [0, 0.05) is 50.1 Å². The summed E-state index contributed by atoms with van der Waals surface area (Å²) in [6.45, 7) is 3.63. The zero-order valence-corrected chi connectivity index (χ0v) is 22.8. The number of phenolic OH excluding ortho intramolecular Hbond substituents is 2. The molecular formula is C28H37N5O7. The van der Waals surface area contributed by atoms with Gasteiger partial charge in [0.1, 0.15) is 23.2 Å². The minimum absolute atomic E-state index is 0.0166. The van der Waals surface area contributed by atoms with E-state index in [2.05, 4.69) is 15.2 Å². The number of phenols is 2. The van der Waals surface area contributed by atoms with E-state index in [1.165, 1.54) is 6.07 Å². The fourth-order valence-electron chi connectivity index (χ4n) is 4.43. The van der Waals surface area contributed by atoms with E-state index in [9.17, 15) is 19.8 Å². The molecule has 12 nitrogen and oxygen atoms in total. The second-order valence-electron chi connectivity index (χ2n) is 9.71. The molecule has 40 heavy (non-hydrogen) atoms. The Kier molecular flexibility index (Phi) is 12.3. The molecule has 0 aromatic heterocycles. The summed E-state index contributed by atoms with van der Waals surface area (Å²) in [5, 5.41) is 28.3. The van der Waals surface area contributed by atoms with Gasteiger partial charge >= 0.3 is 5.97 Å². The number of piperidine rings is 1. The van der Waals surface area contributed by atoms with Crippen LogP contribution in [0.15, 0.2) is 46.7 Å². The van der Waals surface area contributed by atoms with Gasteiger partial charge < -0.3 is 29.4 Å². The molecular weight excluding hydrogens is 518 g/mol. The smallest absolute Gasteiger partial charge is 0.342 e. The molecule has 2 aliphatic heterocycles. The van der Waals surface area contributed by atoms with Crippen LogP contribution in [0.5, 0.6) is 11.5 Å². The van der Waals surface area contributed by atoms with Crippen molar-refractivity contribution in [2.24, 2.45) is 10.3 Å². The van der Waals surface area contributed by atoms with Crippen LogP contribution in [0.3, 0.4) is 0 Å². The largest absolute Gasteiger partial charge is 0.508 e. The van der Waals surface area contributed by atoms with Crippen LogP contribution in [0.4, 0.5) is 0 Å². The maximum Gasteiger partial charge on any atom is 0.342 e. The molecule has 2 atom stereocenters. The van der Waals surface area contributed by atoms with Gasteiger partial charge in [0.05, 0.1) is 11.8 Å². The summed E-state index contributed by atoms with van der Waals surface area (Å²) >= 11 is 0. The van der Waals surface area contributed by atoms with E-state index < -0.39 is 17.8 Å². The lowest BCUT2D eigenvalue weighted by Crippen LogP contribution is -2.37. The number of fused-ring (bicyclic) bond motifs is 1. The van der Waals surface area contributed by atoms with Crippen LogP contribution in [0.1, 0.15) is 61.4 Å². The van der Waals surface area contributed by atoms with Crippen LogP contribution in [0.25, 0.3) is 10.4 Å². The first-order valence-electron chi connectivity index (χ1n) is 13.6. The Hall–Kier alpha value is -4.02. The molecule has 0 aliphatic carbocycles. The van der Waals surface area contributed by atoms with Gasteiger partial charge in [-0.3, -0.25) is 4.79 Å². The van der Waals surface area contributed by atoms with E-state index in [-0.39, 0.29) is 36.4 Å².